The van der Waals surface area contributed by atoms with Crippen molar-refractivity contribution in [2.45, 2.75) is 65.5 Å². The fourth-order valence-corrected chi connectivity index (χ4v) is 4.78. The first-order valence-corrected chi connectivity index (χ1v) is 10.2. The van der Waals surface area contributed by atoms with Crippen molar-refractivity contribution >= 4 is 5.91 Å². The molecule has 0 aromatic rings. The van der Waals surface area contributed by atoms with Crippen LogP contribution in [0.3, 0.4) is 0 Å². The first kappa shape index (κ1) is 18.2. The highest BCUT2D eigenvalue weighted by atomic mass is 16.2. The molecule has 3 heterocycles. The molecular weight excluding hydrogens is 298 g/mol. The van der Waals surface area contributed by atoms with Crippen molar-refractivity contribution in [3.63, 3.8) is 0 Å². The van der Waals surface area contributed by atoms with E-state index in [1.54, 1.807) is 0 Å². The molecule has 3 rings (SSSR count). The van der Waals surface area contributed by atoms with Crippen molar-refractivity contribution in [3.05, 3.63) is 0 Å². The van der Waals surface area contributed by atoms with Crippen LogP contribution in [-0.2, 0) is 4.79 Å². The number of piperidine rings is 2. The lowest BCUT2D eigenvalue weighted by molar-refractivity contribution is -0.136. The fourth-order valence-electron chi connectivity index (χ4n) is 4.78. The van der Waals surface area contributed by atoms with Crippen molar-refractivity contribution in [2.75, 3.05) is 39.3 Å². The van der Waals surface area contributed by atoms with Gasteiger partial charge in [0.15, 0.2) is 0 Å². The summed E-state index contributed by atoms with van der Waals surface area (Å²) in [7, 11) is 0. The van der Waals surface area contributed by atoms with E-state index in [1.165, 1.54) is 51.9 Å². The molecule has 3 fully saturated rings. The van der Waals surface area contributed by atoms with Gasteiger partial charge in [-0.25, -0.2) is 0 Å². The minimum atomic E-state index is 0.142. The van der Waals surface area contributed by atoms with Crippen molar-refractivity contribution in [3.8, 4) is 0 Å². The van der Waals surface area contributed by atoms with Crippen LogP contribution in [0, 0.1) is 17.8 Å². The second-order valence-electron chi connectivity index (χ2n) is 8.94. The minimum Gasteiger partial charge on any atom is -0.342 e. The highest BCUT2D eigenvalue weighted by Crippen LogP contribution is 2.30. The number of nitrogens with zero attached hydrogens (tertiary/aromatic N) is 3. The van der Waals surface area contributed by atoms with E-state index in [4.69, 9.17) is 0 Å². The van der Waals surface area contributed by atoms with E-state index in [2.05, 4.69) is 28.5 Å². The molecule has 1 amide bonds. The Morgan fingerprint density at radius 3 is 1.88 bits per heavy atom. The molecule has 0 bridgehead atoms. The molecule has 138 valence electrons. The van der Waals surface area contributed by atoms with Crippen LogP contribution < -0.4 is 0 Å². The summed E-state index contributed by atoms with van der Waals surface area (Å²) in [5.41, 5.74) is 0. The zero-order chi connectivity index (χ0) is 17.3. The number of carbonyl (C=O) groups is 1. The predicted molar refractivity (Wildman–Crippen MR) is 98.9 cm³/mol. The molecule has 0 unspecified atom stereocenters. The predicted octanol–water partition coefficient (Wildman–Crippen LogP) is 2.69. The van der Waals surface area contributed by atoms with Gasteiger partial charge in [0.1, 0.15) is 0 Å². The van der Waals surface area contributed by atoms with Crippen LogP contribution in [0.5, 0.6) is 0 Å². The zero-order valence-electron chi connectivity index (χ0n) is 16.2. The van der Waals surface area contributed by atoms with Gasteiger partial charge in [0.2, 0.25) is 5.91 Å². The number of likely N-dealkylation sites (tertiary alicyclic amines) is 3. The van der Waals surface area contributed by atoms with E-state index < -0.39 is 0 Å². The second kappa shape index (κ2) is 7.74. The van der Waals surface area contributed by atoms with Crippen LogP contribution in [-0.4, -0.2) is 72.0 Å². The Hall–Kier alpha value is -0.610. The summed E-state index contributed by atoms with van der Waals surface area (Å²) in [4.78, 5) is 19.6. The maximum atomic E-state index is 12.1. The average Bonchev–Trinajstić information content (AvgIpc) is 2.54. The fraction of sp³-hybridized carbons (Fsp3) is 0.950. The Morgan fingerprint density at radius 2 is 1.38 bits per heavy atom. The topological polar surface area (TPSA) is 26.8 Å². The van der Waals surface area contributed by atoms with Crippen LogP contribution in [0.2, 0.25) is 0 Å². The van der Waals surface area contributed by atoms with Gasteiger partial charge < -0.3 is 4.90 Å². The van der Waals surface area contributed by atoms with E-state index in [-0.39, 0.29) is 5.92 Å². The van der Waals surface area contributed by atoms with Gasteiger partial charge in [-0.2, -0.15) is 0 Å². The molecular formula is C20H37N3O. The Morgan fingerprint density at radius 1 is 0.792 bits per heavy atom. The van der Waals surface area contributed by atoms with E-state index >= 15 is 0 Å². The number of amides is 1. The summed E-state index contributed by atoms with van der Waals surface area (Å²) in [6.45, 7) is 15.8. The molecule has 0 atom stereocenters. The molecule has 4 nitrogen and oxygen atoms in total. The van der Waals surface area contributed by atoms with Gasteiger partial charge in [0.25, 0.3) is 0 Å². The summed E-state index contributed by atoms with van der Waals surface area (Å²) < 4.78 is 0. The quantitative estimate of drug-likeness (QED) is 0.790. The molecule has 0 radical (unpaired) electrons. The Labute approximate surface area is 148 Å². The number of carbonyl (C=O) groups excluding carboxylic acids is 1. The third-order valence-corrected chi connectivity index (χ3v) is 6.71. The molecule has 0 saturated carbocycles. The highest BCUT2D eigenvalue weighted by Gasteiger charge is 2.38. The molecule has 4 heteroatoms. The summed E-state index contributed by atoms with van der Waals surface area (Å²) in [5.74, 6) is 2.27. The van der Waals surface area contributed by atoms with E-state index in [1.807, 2.05) is 13.8 Å². The van der Waals surface area contributed by atoms with Gasteiger partial charge in [-0.3, -0.25) is 14.6 Å². The molecule has 0 aromatic carbocycles. The van der Waals surface area contributed by atoms with Gasteiger partial charge in [0, 0.05) is 44.2 Å². The average molecular weight is 336 g/mol. The molecule has 0 aliphatic carbocycles. The molecule has 0 N–H and O–H groups in total. The number of hydrogen-bond acceptors (Lipinski definition) is 3. The number of rotatable bonds is 4. The Bertz CT molecular complexity index is 415. The van der Waals surface area contributed by atoms with Crippen LogP contribution in [0.15, 0.2) is 0 Å². The molecule has 24 heavy (non-hydrogen) atoms. The van der Waals surface area contributed by atoms with Crippen molar-refractivity contribution in [1.82, 2.24) is 14.7 Å². The van der Waals surface area contributed by atoms with E-state index in [9.17, 15) is 4.79 Å². The standard InChI is InChI=1S/C20H37N3O/c1-15(2)17-5-9-21(10-6-17)19-13-23(14-19)18-7-11-22(12-8-18)20(24)16(3)4/h15-19H,5-14H2,1-4H3. The molecule has 3 saturated heterocycles. The van der Waals surface area contributed by atoms with E-state index in [0.717, 1.165) is 31.0 Å². The van der Waals surface area contributed by atoms with Crippen LogP contribution >= 0.6 is 0 Å². The lowest BCUT2D eigenvalue weighted by Gasteiger charge is -2.52. The molecule has 3 aliphatic heterocycles. The van der Waals surface area contributed by atoms with Gasteiger partial charge in [-0.15, -0.1) is 0 Å². The van der Waals surface area contributed by atoms with Gasteiger partial charge >= 0.3 is 0 Å². The van der Waals surface area contributed by atoms with Crippen molar-refractivity contribution in [2.24, 2.45) is 17.8 Å². The van der Waals surface area contributed by atoms with Crippen molar-refractivity contribution in [1.29, 1.82) is 0 Å². The van der Waals surface area contributed by atoms with Gasteiger partial charge in [-0.05, 0) is 50.6 Å². The Balaban J connectivity index is 1.37. The summed E-state index contributed by atoms with van der Waals surface area (Å²) in [6, 6.07) is 1.51. The normalized spacial score (nSPS) is 26.3. The lowest BCUT2D eigenvalue weighted by Crippen LogP contribution is -2.64. The van der Waals surface area contributed by atoms with Gasteiger partial charge in [-0.1, -0.05) is 27.7 Å². The SMILES string of the molecule is CC(C)C(=O)N1CCC(N2CC(N3CCC(C(C)C)CC3)C2)CC1. The minimum absolute atomic E-state index is 0.142. The van der Waals surface area contributed by atoms with Crippen molar-refractivity contribution < 1.29 is 4.79 Å². The third kappa shape index (κ3) is 3.96. The van der Waals surface area contributed by atoms with Crippen LogP contribution in [0.4, 0.5) is 0 Å². The van der Waals surface area contributed by atoms with Gasteiger partial charge in [0.05, 0.1) is 0 Å². The molecule has 3 aliphatic rings. The molecule has 0 spiro atoms. The Kier molecular flexibility index (Phi) is 5.86. The van der Waals surface area contributed by atoms with E-state index in [0.29, 0.717) is 11.9 Å². The largest absolute Gasteiger partial charge is 0.342 e. The number of hydrogen-bond donors (Lipinski definition) is 0. The lowest BCUT2D eigenvalue weighted by atomic mass is 9.85. The monoisotopic (exact) mass is 335 g/mol. The zero-order valence-corrected chi connectivity index (χ0v) is 16.2. The summed E-state index contributed by atoms with van der Waals surface area (Å²) >= 11 is 0. The summed E-state index contributed by atoms with van der Waals surface area (Å²) in [6.07, 6.45) is 5.12. The maximum absolute atomic E-state index is 12.1. The van der Waals surface area contributed by atoms with Crippen LogP contribution in [0.1, 0.15) is 53.4 Å². The van der Waals surface area contributed by atoms with Crippen LogP contribution in [0.25, 0.3) is 0 Å². The smallest absolute Gasteiger partial charge is 0.225 e. The third-order valence-electron chi connectivity index (χ3n) is 6.71. The first-order valence-electron chi connectivity index (χ1n) is 10.2. The second-order valence-corrected chi connectivity index (χ2v) is 8.94. The molecule has 0 aromatic heterocycles. The summed E-state index contributed by atoms with van der Waals surface area (Å²) in [5, 5.41) is 0. The first-order chi connectivity index (χ1) is 11.5. The maximum Gasteiger partial charge on any atom is 0.225 e. The highest BCUT2D eigenvalue weighted by molar-refractivity contribution is 5.78.